The molecule has 1 N–H and O–H groups in total. The zero-order valence-corrected chi connectivity index (χ0v) is 11.4. The Morgan fingerprint density at radius 3 is 2.73 bits per heavy atom. The minimum atomic E-state index is -0.247. The highest BCUT2D eigenvalue weighted by atomic mass is 79.9. The number of rotatable bonds is 3. The predicted octanol–water partition coefficient (Wildman–Crippen LogP) is 4.43. The monoisotopic (exact) mass is 288 g/mol. The second kappa shape index (κ2) is 4.98. The van der Waals surface area contributed by atoms with E-state index in [9.17, 15) is 5.11 Å². The van der Waals surface area contributed by atoms with Crippen molar-refractivity contribution in [1.29, 1.82) is 0 Å². The van der Waals surface area contributed by atoms with Crippen LogP contribution < -0.4 is 0 Å². The number of thiophene rings is 1. The largest absolute Gasteiger partial charge is 0.388 e. The third-order valence-electron chi connectivity index (χ3n) is 3.24. The molecule has 1 aliphatic rings. The molecule has 1 saturated carbocycles. The Morgan fingerprint density at radius 1 is 1.53 bits per heavy atom. The molecule has 0 spiro atoms. The van der Waals surface area contributed by atoms with Crippen molar-refractivity contribution < 1.29 is 5.11 Å². The third kappa shape index (κ3) is 2.83. The van der Waals surface area contributed by atoms with Gasteiger partial charge in [-0.15, -0.1) is 11.3 Å². The Hall–Kier alpha value is 0.140. The van der Waals surface area contributed by atoms with Crippen molar-refractivity contribution in [2.75, 3.05) is 0 Å². The molecular weight excluding hydrogens is 272 g/mol. The molecule has 1 aliphatic carbocycles. The lowest BCUT2D eigenvalue weighted by molar-refractivity contribution is 0.148. The summed E-state index contributed by atoms with van der Waals surface area (Å²) in [5.74, 6) is 0.751. The molecule has 0 amide bonds. The van der Waals surface area contributed by atoms with E-state index in [1.54, 1.807) is 11.3 Å². The van der Waals surface area contributed by atoms with Gasteiger partial charge in [-0.3, -0.25) is 0 Å². The van der Waals surface area contributed by atoms with Crippen LogP contribution in [0.15, 0.2) is 10.5 Å². The lowest BCUT2D eigenvalue weighted by Gasteiger charge is -2.13. The van der Waals surface area contributed by atoms with Gasteiger partial charge in [-0.1, -0.05) is 25.7 Å². The summed E-state index contributed by atoms with van der Waals surface area (Å²) in [5, 5.41) is 10.1. The number of halogens is 1. The van der Waals surface area contributed by atoms with E-state index >= 15 is 0 Å². The first-order chi connectivity index (χ1) is 7.16. The molecule has 1 nitrogen and oxygen atoms in total. The highest BCUT2D eigenvalue weighted by Crippen LogP contribution is 2.37. The van der Waals surface area contributed by atoms with E-state index in [2.05, 4.69) is 28.9 Å². The number of aliphatic hydroxyl groups excluding tert-OH is 1. The van der Waals surface area contributed by atoms with Gasteiger partial charge in [-0.25, -0.2) is 0 Å². The van der Waals surface area contributed by atoms with E-state index in [1.165, 1.54) is 30.6 Å². The molecule has 0 saturated heterocycles. The van der Waals surface area contributed by atoms with E-state index in [-0.39, 0.29) is 6.10 Å². The highest BCUT2D eigenvalue weighted by Gasteiger charge is 2.21. The number of hydrogen-bond acceptors (Lipinski definition) is 2. The predicted molar refractivity (Wildman–Crippen MR) is 68.3 cm³/mol. The maximum absolute atomic E-state index is 10.1. The molecule has 84 valence electrons. The van der Waals surface area contributed by atoms with Crippen molar-refractivity contribution >= 4 is 27.3 Å². The summed E-state index contributed by atoms with van der Waals surface area (Å²) in [4.78, 5) is 2.38. The number of hydrogen-bond donors (Lipinski definition) is 1. The van der Waals surface area contributed by atoms with Crippen LogP contribution in [0.2, 0.25) is 0 Å². The van der Waals surface area contributed by atoms with Gasteiger partial charge in [0.2, 0.25) is 0 Å². The summed E-state index contributed by atoms with van der Waals surface area (Å²) in [6.45, 7) is 2.08. The minimum absolute atomic E-state index is 0.247. The van der Waals surface area contributed by atoms with Crippen LogP contribution in [0.25, 0.3) is 0 Å². The van der Waals surface area contributed by atoms with Gasteiger partial charge in [0, 0.05) is 14.2 Å². The zero-order chi connectivity index (χ0) is 10.8. The molecule has 0 aliphatic heterocycles. The molecule has 0 radical (unpaired) electrons. The van der Waals surface area contributed by atoms with Crippen LogP contribution in [-0.2, 0) is 0 Å². The average molecular weight is 289 g/mol. The molecule has 1 aromatic heterocycles. The SMILES string of the molecule is Cc1sc(C(O)CC2CCCC2)cc1Br. The molecule has 1 aromatic rings. The normalized spacial score (nSPS) is 19.7. The molecule has 3 heteroatoms. The lowest BCUT2D eigenvalue weighted by atomic mass is 9.99. The number of aryl methyl sites for hydroxylation is 1. The summed E-state index contributed by atoms with van der Waals surface area (Å²) in [6.07, 6.45) is 6.02. The maximum Gasteiger partial charge on any atom is 0.0885 e. The first-order valence-corrected chi connectivity index (χ1v) is 7.21. The Bertz CT molecular complexity index is 309. The second-order valence-electron chi connectivity index (χ2n) is 4.45. The third-order valence-corrected chi connectivity index (χ3v) is 5.47. The fraction of sp³-hybridized carbons (Fsp3) is 0.667. The fourth-order valence-electron chi connectivity index (χ4n) is 2.32. The van der Waals surface area contributed by atoms with E-state index < -0.39 is 0 Å². The van der Waals surface area contributed by atoms with Gasteiger partial charge in [0.15, 0.2) is 0 Å². The summed E-state index contributed by atoms with van der Waals surface area (Å²) in [5.41, 5.74) is 0. The molecule has 0 bridgehead atoms. The Labute approximate surface area is 104 Å². The van der Waals surface area contributed by atoms with Gasteiger partial charge < -0.3 is 5.11 Å². The average Bonchev–Trinajstić information content (AvgIpc) is 2.78. The zero-order valence-electron chi connectivity index (χ0n) is 9.00. The van der Waals surface area contributed by atoms with Crippen LogP contribution in [0.5, 0.6) is 0 Å². The van der Waals surface area contributed by atoms with Crippen molar-refractivity contribution in [1.82, 2.24) is 0 Å². The van der Waals surface area contributed by atoms with Crippen LogP contribution in [-0.4, -0.2) is 5.11 Å². The van der Waals surface area contributed by atoms with Crippen molar-refractivity contribution in [3.8, 4) is 0 Å². The molecule has 1 fully saturated rings. The van der Waals surface area contributed by atoms with Gasteiger partial charge in [0.05, 0.1) is 6.10 Å². The summed E-state index contributed by atoms with van der Waals surface area (Å²) in [7, 11) is 0. The van der Waals surface area contributed by atoms with Crippen LogP contribution >= 0.6 is 27.3 Å². The van der Waals surface area contributed by atoms with Crippen LogP contribution in [0.4, 0.5) is 0 Å². The molecule has 0 aromatic carbocycles. The standard InChI is InChI=1S/C12H17BrOS/c1-8-10(13)7-12(15-8)11(14)6-9-4-2-3-5-9/h7,9,11,14H,2-6H2,1H3. The highest BCUT2D eigenvalue weighted by molar-refractivity contribution is 9.10. The summed E-state index contributed by atoms with van der Waals surface area (Å²) >= 11 is 5.21. The number of aliphatic hydroxyl groups is 1. The van der Waals surface area contributed by atoms with Crippen LogP contribution in [0, 0.1) is 12.8 Å². The van der Waals surface area contributed by atoms with Crippen molar-refractivity contribution in [3.05, 3.63) is 20.3 Å². The first kappa shape index (κ1) is 11.6. The lowest BCUT2D eigenvalue weighted by Crippen LogP contribution is -2.02. The van der Waals surface area contributed by atoms with Gasteiger partial charge in [0.25, 0.3) is 0 Å². The summed E-state index contributed by atoms with van der Waals surface area (Å²) < 4.78 is 1.13. The van der Waals surface area contributed by atoms with E-state index in [4.69, 9.17) is 0 Å². The van der Waals surface area contributed by atoms with Crippen molar-refractivity contribution in [2.45, 2.75) is 45.1 Å². The van der Waals surface area contributed by atoms with Gasteiger partial charge in [-0.05, 0) is 41.3 Å². The quantitative estimate of drug-likeness (QED) is 0.872. The van der Waals surface area contributed by atoms with E-state index in [0.717, 1.165) is 21.7 Å². The molecule has 15 heavy (non-hydrogen) atoms. The molecule has 1 heterocycles. The van der Waals surface area contributed by atoms with Gasteiger partial charge in [0.1, 0.15) is 0 Å². The van der Waals surface area contributed by atoms with Crippen LogP contribution in [0.3, 0.4) is 0 Å². The Kier molecular flexibility index (Phi) is 3.86. The molecule has 1 unspecified atom stereocenters. The van der Waals surface area contributed by atoms with Crippen LogP contribution in [0.1, 0.15) is 48.0 Å². The topological polar surface area (TPSA) is 20.2 Å². The maximum atomic E-state index is 10.1. The minimum Gasteiger partial charge on any atom is -0.388 e. The van der Waals surface area contributed by atoms with Crippen molar-refractivity contribution in [3.63, 3.8) is 0 Å². The van der Waals surface area contributed by atoms with E-state index in [0.29, 0.717) is 0 Å². The Morgan fingerprint density at radius 2 is 2.20 bits per heavy atom. The molecule has 2 rings (SSSR count). The van der Waals surface area contributed by atoms with Gasteiger partial charge in [-0.2, -0.15) is 0 Å². The molecular formula is C12H17BrOS. The van der Waals surface area contributed by atoms with E-state index in [1.807, 2.05) is 0 Å². The summed E-state index contributed by atoms with van der Waals surface area (Å²) in [6, 6.07) is 2.07. The van der Waals surface area contributed by atoms with Gasteiger partial charge >= 0.3 is 0 Å². The fourth-order valence-corrected chi connectivity index (χ4v) is 3.88. The second-order valence-corrected chi connectivity index (χ2v) is 6.60. The Balaban J connectivity index is 1.97. The molecule has 1 atom stereocenters. The first-order valence-electron chi connectivity index (χ1n) is 5.60. The van der Waals surface area contributed by atoms with Crippen molar-refractivity contribution in [2.24, 2.45) is 5.92 Å². The smallest absolute Gasteiger partial charge is 0.0885 e.